The Morgan fingerprint density at radius 3 is 2.12 bits per heavy atom. The van der Waals surface area contributed by atoms with Crippen LogP contribution in [0.25, 0.3) is 0 Å². The fourth-order valence-corrected chi connectivity index (χ4v) is 5.40. The molecule has 0 nitrogen and oxygen atoms in total. The van der Waals surface area contributed by atoms with Crippen LogP contribution in [0.1, 0.15) is 65.7 Å². The van der Waals surface area contributed by atoms with Gasteiger partial charge in [-0.15, -0.1) is 0 Å². The molecule has 0 aromatic carbocycles. The van der Waals surface area contributed by atoms with E-state index in [0.29, 0.717) is 5.41 Å². The summed E-state index contributed by atoms with van der Waals surface area (Å²) in [6.45, 7) is 7.62. The van der Waals surface area contributed by atoms with Crippen molar-refractivity contribution in [2.75, 3.05) is 0 Å². The molecule has 16 heavy (non-hydrogen) atoms. The lowest BCUT2D eigenvalue weighted by atomic mass is 9.61. The molecule has 0 aromatic heterocycles. The number of hydrogen-bond acceptors (Lipinski definition) is 0. The summed E-state index contributed by atoms with van der Waals surface area (Å²) in [5.41, 5.74) is 0.644. The van der Waals surface area contributed by atoms with Crippen molar-refractivity contribution in [2.45, 2.75) is 65.7 Å². The van der Waals surface area contributed by atoms with Gasteiger partial charge in [-0.25, -0.2) is 0 Å². The van der Waals surface area contributed by atoms with E-state index in [0.717, 1.165) is 29.6 Å². The fraction of sp³-hybridized carbons (Fsp3) is 1.00. The van der Waals surface area contributed by atoms with Crippen LogP contribution in [0.5, 0.6) is 0 Å². The molecule has 0 amide bonds. The molecule has 4 unspecified atom stereocenters. The molecule has 3 rings (SSSR count). The summed E-state index contributed by atoms with van der Waals surface area (Å²) in [5, 5.41) is 0. The molecule has 0 saturated heterocycles. The zero-order chi connectivity index (χ0) is 11.3. The van der Waals surface area contributed by atoms with Crippen LogP contribution in [0.4, 0.5) is 0 Å². The molecule has 3 saturated carbocycles. The zero-order valence-electron chi connectivity index (χ0n) is 11.3. The lowest BCUT2D eigenvalue weighted by Crippen LogP contribution is -2.37. The summed E-state index contributed by atoms with van der Waals surface area (Å²) in [4.78, 5) is 0. The van der Waals surface area contributed by atoms with E-state index >= 15 is 0 Å². The van der Waals surface area contributed by atoms with Crippen LogP contribution in [0.2, 0.25) is 0 Å². The van der Waals surface area contributed by atoms with Gasteiger partial charge < -0.3 is 0 Å². The molecular weight excluding hydrogens is 192 g/mol. The largest absolute Gasteiger partial charge is 0.0617 e. The van der Waals surface area contributed by atoms with Gasteiger partial charge in [0.15, 0.2) is 0 Å². The van der Waals surface area contributed by atoms with Gasteiger partial charge >= 0.3 is 0 Å². The van der Waals surface area contributed by atoms with Crippen molar-refractivity contribution in [3.63, 3.8) is 0 Å². The van der Waals surface area contributed by atoms with Crippen LogP contribution in [-0.2, 0) is 0 Å². The minimum absolute atomic E-state index is 0.644. The van der Waals surface area contributed by atoms with E-state index in [1.807, 2.05) is 0 Å². The van der Waals surface area contributed by atoms with E-state index in [2.05, 4.69) is 20.8 Å². The first-order valence-corrected chi connectivity index (χ1v) is 7.60. The summed E-state index contributed by atoms with van der Waals surface area (Å²) in [6, 6.07) is 0. The molecule has 0 heteroatoms. The van der Waals surface area contributed by atoms with Gasteiger partial charge in [-0.1, -0.05) is 52.9 Å². The summed E-state index contributed by atoms with van der Waals surface area (Å²) in [7, 11) is 0. The van der Waals surface area contributed by atoms with E-state index in [1.165, 1.54) is 19.3 Å². The lowest BCUT2D eigenvalue weighted by molar-refractivity contribution is 0.0456. The van der Waals surface area contributed by atoms with Gasteiger partial charge in [0.05, 0.1) is 0 Å². The van der Waals surface area contributed by atoms with Crippen LogP contribution in [0.3, 0.4) is 0 Å². The molecular formula is C16H28. The second-order valence-electron chi connectivity index (χ2n) is 7.51. The molecule has 92 valence electrons. The molecule has 0 spiro atoms. The Hall–Kier alpha value is 0. The highest BCUT2D eigenvalue weighted by Gasteiger charge is 2.56. The Balaban J connectivity index is 1.75. The predicted octanol–water partition coefficient (Wildman–Crippen LogP) is 4.89. The second-order valence-corrected chi connectivity index (χ2v) is 7.51. The molecule has 0 radical (unpaired) electrons. The van der Waals surface area contributed by atoms with E-state index < -0.39 is 0 Å². The maximum Gasteiger partial charge on any atom is -0.0295 e. The Labute approximate surface area is 101 Å². The molecule has 2 bridgehead atoms. The third kappa shape index (κ3) is 1.48. The van der Waals surface area contributed by atoms with Crippen LogP contribution in [0, 0.1) is 35.0 Å². The van der Waals surface area contributed by atoms with Gasteiger partial charge in [0.2, 0.25) is 0 Å². The zero-order valence-corrected chi connectivity index (χ0v) is 11.3. The van der Waals surface area contributed by atoms with Crippen LogP contribution >= 0.6 is 0 Å². The van der Waals surface area contributed by atoms with Gasteiger partial charge in [-0.05, 0) is 47.8 Å². The van der Waals surface area contributed by atoms with Crippen molar-refractivity contribution in [3.05, 3.63) is 0 Å². The molecule has 0 heterocycles. The highest BCUT2D eigenvalue weighted by molar-refractivity contribution is 5.05. The average molecular weight is 220 g/mol. The SMILES string of the molecule is CC1C2CC(C3CCCCC3)C(C2)C1(C)C. The summed E-state index contributed by atoms with van der Waals surface area (Å²) >= 11 is 0. The molecule has 0 aliphatic heterocycles. The Bertz CT molecular complexity index is 259. The summed E-state index contributed by atoms with van der Waals surface area (Å²) in [6.07, 6.45) is 10.8. The first-order valence-electron chi connectivity index (χ1n) is 7.60. The smallest absolute Gasteiger partial charge is 0.0295 e. The maximum absolute atomic E-state index is 2.55. The minimum Gasteiger partial charge on any atom is -0.0617 e. The number of fused-ring (bicyclic) bond motifs is 2. The first-order chi connectivity index (χ1) is 7.60. The van der Waals surface area contributed by atoms with E-state index in [-0.39, 0.29) is 0 Å². The standard InChI is InChI=1S/C16H28/c1-11-13-9-14(12-7-5-4-6-8-12)15(10-13)16(11,2)3/h11-15H,4-10H2,1-3H3. The first kappa shape index (κ1) is 11.1. The van der Waals surface area contributed by atoms with Crippen molar-refractivity contribution >= 4 is 0 Å². The summed E-state index contributed by atoms with van der Waals surface area (Å²) in [5.74, 6) is 5.34. The fourth-order valence-electron chi connectivity index (χ4n) is 5.40. The quantitative estimate of drug-likeness (QED) is 0.590. The predicted molar refractivity (Wildman–Crippen MR) is 69.2 cm³/mol. The van der Waals surface area contributed by atoms with Crippen LogP contribution in [-0.4, -0.2) is 0 Å². The third-order valence-corrected chi connectivity index (χ3v) is 6.74. The highest BCUT2D eigenvalue weighted by atomic mass is 14.6. The van der Waals surface area contributed by atoms with E-state index in [4.69, 9.17) is 0 Å². The molecule has 3 fully saturated rings. The number of hydrogen-bond donors (Lipinski definition) is 0. The van der Waals surface area contributed by atoms with Gasteiger partial charge in [0.25, 0.3) is 0 Å². The molecule has 0 aromatic rings. The topological polar surface area (TPSA) is 0 Å². The molecule has 4 atom stereocenters. The average Bonchev–Trinajstić information content (AvgIpc) is 2.81. The van der Waals surface area contributed by atoms with Gasteiger partial charge in [-0.2, -0.15) is 0 Å². The van der Waals surface area contributed by atoms with Crippen LogP contribution in [0.15, 0.2) is 0 Å². The molecule has 3 aliphatic rings. The third-order valence-electron chi connectivity index (χ3n) is 6.74. The molecule has 0 N–H and O–H groups in total. The normalized spacial score (nSPS) is 47.4. The van der Waals surface area contributed by atoms with E-state index in [1.54, 1.807) is 25.7 Å². The van der Waals surface area contributed by atoms with Crippen molar-refractivity contribution in [1.29, 1.82) is 0 Å². The maximum atomic E-state index is 2.55. The highest BCUT2D eigenvalue weighted by Crippen LogP contribution is 2.64. The molecule has 3 aliphatic carbocycles. The minimum atomic E-state index is 0.644. The van der Waals surface area contributed by atoms with Crippen LogP contribution < -0.4 is 0 Å². The second kappa shape index (κ2) is 3.75. The lowest BCUT2D eigenvalue weighted by Gasteiger charge is -2.44. The Morgan fingerprint density at radius 2 is 1.56 bits per heavy atom. The number of rotatable bonds is 1. The van der Waals surface area contributed by atoms with Gasteiger partial charge in [-0.3, -0.25) is 0 Å². The van der Waals surface area contributed by atoms with Crippen molar-refractivity contribution in [1.82, 2.24) is 0 Å². The summed E-state index contributed by atoms with van der Waals surface area (Å²) < 4.78 is 0. The Kier molecular flexibility index (Phi) is 2.60. The van der Waals surface area contributed by atoms with Crippen molar-refractivity contribution in [3.8, 4) is 0 Å². The van der Waals surface area contributed by atoms with Crippen molar-refractivity contribution < 1.29 is 0 Å². The van der Waals surface area contributed by atoms with Gasteiger partial charge in [0, 0.05) is 0 Å². The van der Waals surface area contributed by atoms with Gasteiger partial charge in [0.1, 0.15) is 0 Å². The van der Waals surface area contributed by atoms with E-state index in [9.17, 15) is 0 Å². The monoisotopic (exact) mass is 220 g/mol. The van der Waals surface area contributed by atoms with Crippen molar-refractivity contribution in [2.24, 2.45) is 35.0 Å². The Morgan fingerprint density at radius 1 is 0.875 bits per heavy atom.